The first-order chi connectivity index (χ1) is 13.1. The molecule has 4 aromatic rings. The van der Waals surface area contributed by atoms with Gasteiger partial charge in [-0.05, 0) is 48.0 Å². The van der Waals surface area contributed by atoms with Crippen LogP contribution in [0.5, 0.6) is 0 Å². The number of amides is 1. The Morgan fingerprint density at radius 2 is 1.56 bits per heavy atom. The van der Waals surface area contributed by atoms with Crippen molar-refractivity contribution in [3.8, 4) is 11.1 Å². The molecule has 2 aromatic heterocycles. The van der Waals surface area contributed by atoms with Gasteiger partial charge in [-0.2, -0.15) is 0 Å². The monoisotopic (exact) mass is 374 g/mol. The summed E-state index contributed by atoms with van der Waals surface area (Å²) in [6.45, 7) is 0. The molecule has 0 aliphatic heterocycles. The Morgan fingerprint density at radius 1 is 0.852 bits per heavy atom. The van der Waals surface area contributed by atoms with Crippen LogP contribution in [0.25, 0.3) is 16.6 Å². The lowest BCUT2D eigenvalue weighted by molar-refractivity contribution is -0.112. The number of pyridine rings is 1. The maximum absolute atomic E-state index is 13.0. The maximum Gasteiger partial charge on any atom is 0.298 e. The average molecular weight is 375 g/mol. The van der Waals surface area contributed by atoms with Gasteiger partial charge in [-0.3, -0.25) is 9.59 Å². The van der Waals surface area contributed by atoms with Crippen LogP contribution in [0.1, 0.15) is 10.5 Å². The fourth-order valence-electron chi connectivity index (χ4n) is 3.02. The Hall–Kier alpha value is -3.37. The molecule has 2 aromatic carbocycles. The van der Waals surface area contributed by atoms with E-state index in [0.717, 1.165) is 16.6 Å². The van der Waals surface area contributed by atoms with Crippen molar-refractivity contribution >= 4 is 34.5 Å². The SMILES string of the molecule is O=C(Nc1ccc(Cl)cc1)C(=O)c1c(-c2ccccc2)cc2ccccn12. The minimum absolute atomic E-state index is 0.336. The third-order valence-electron chi connectivity index (χ3n) is 4.29. The van der Waals surface area contributed by atoms with E-state index in [1.807, 2.05) is 54.6 Å². The lowest BCUT2D eigenvalue weighted by Gasteiger charge is -2.08. The highest BCUT2D eigenvalue weighted by Gasteiger charge is 2.24. The van der Waals surface area contributed by atoms with E-state index in [0.29, 0.717) is 16.4 Å². The quantitative estimate of drug-likeness (QED) is 0.400. The van der Waals surface area contributed by atoms with Crippen molar-refractivity contribution in [1.29, 1.82) is 0 Å². The molecule has 2 heterocycles. The predicted molar refractivity (Wildman–Crippen MR) is 107 cm³/mol. The lowest BCUT2D eigenvalue weighted by Crippen LogP contribution is -2.24. The van der Waals surface area contributed by atoms with Crippen molar-refractivity contribution in [3.63, 3.8) is 0 Å². The molecule has 1 amide bonds. The van der Waals surface area contributed by atoms with Gasteiger partial charge in [0.2, 0.25) is 0 Å². The summed E-state index contributed by atoms with van der Waals surface area (Å²) in [7, 11) is 0. The Kier molecular flexibility index (Phi) is 4.48. The molecule has 0 unspecified atom stereocenters. The summed E-state index contributed by atoms with van der Waals surface area (Å²) in [5, 5.41) is 3.20. The Bertz CT molecular complexity index is 1130. The number of nitrogens with one attached hydrogen (secondary N) is 1. The average Bonchev–Trinajstić information content (AvgIpc) is 3.09. The van der Waals surface area contributed by atoms with Gasteiger partial charge in [0.05, 0.1) is 0 Å². The molecule has 0 radical (unpaired) electrons. The first-order valence-electron chi connectivity index (χ1n) is 8.40. The van der Waals surface area contributed by atoms with E-state index in [1.165, 1.54) is 0 Å². The molecule has 0 atom stereocenters. The second-order valence-corrected chi connectivity index (χ2v) is 6.49. The van der Waals surface area contributed by atoms with Crippen LogP contribution in [0.4, 0.5) is 5.69 Å². The van der Waals surface area contributed by atoms with Crippen LogP contribution in [-0.2, 0) is 4.79 Å². The van der Waals surface area contributed by atoms with Crippen molar-refractivity contribution in [2.75, 3.05) is 5.32 Å². The lowest BCUT2D eigenvalue weighted by atomic mass is 10.0. The molecule has 0 aliphatic rings. The number of ketones is 1. The van der Waals surface area contributed by atoms with Crippen LogP contribution in [0.2, 0.25) is 5.02 Å². The highest BCUT2D eigenvalue weighted by atomic mass is 35.5. The van der Waals surface area contributed by atoms with Crippen molar-refractivity contribution in [3.05, 3.63) is 95.8 Å². The van der Waals surface area contributed by atoms with Gasteiger partial charge in [0, 0.05) is 28.0 Å². The molecule has 27 heavy (non-hydrogen) atoms. The number of carbonyl (C=O) groups is 2. The van der Waals surface area contributed by atoms with Crippen LogP contribution < -0.4 is 5.32 Å². The van der Waals surface area contributed by atoms with Gasteiger partial charge in [-0.25, -0.2) is 0 Å². The minimum Gasteiger partial charge on any atom is -0.319 e. The first-order valence-corrected chi connectivity index (χ1v) is 8.78. The van der Waals surface area contributed by atoms with Gasteiger partial charge in [0.15, 0.2) is 0 Å². The number of carbonyl (C=O) groups excluding carboxylic acids is 2. The topological polar surface area (TPSA) is 50.6 Å². The summed E-state index contributed by atoms with van der Waals surface area (Å²) < 4.78 is 1.74. The summed E-state index contributed by atoms with van der Waals surface area (Å²) in [6, 6.07) is 23.7. The van der Waals surface area contributed by atoms with Crippen LogP contribution in [0, 0.1) is 0 Å². The van der Waals surface area contributed by atoms with Gasteiger partial charge in [0.1, 0.15) is 5.69 Å². The number of benzene rings is 2. The van der Waals surface area contributed by atoms with E-state index in [-0.39, 0.29) is 0 Å². The Balaban J connectivity index is 1.76. The fraction of sp³-hybridized carbons (Fsp3) is 0. The fourth-order valence-corrected chi connectivity index (χ4v) is 3.15. The van der Waals surface area contributed by atoms with Crippen molar-refractivity contribution in [1.82, 2.24) is 4.40 Å². The molecule has 0 bridgehead atoms. The zero-order chi connectivity index (χ0) is 18.8. The molecular formula is C22H15ClN2O2. The van der Waals surface area contributed by atoms with E-state index in [4.69, 9.17) is 11.6 Å². The number of nitrogens with zero attached hydrogens (tertiary/aromatic N) is 1. The summed E-state index contributed by atoms with van der Waals surface area (Å²) >= 11 is 5.86. The van der Waals surface area contributed by atoms with Crippen LogP contribution >= 0.6 is 11.6 Å². The third kappa shape index (κ3) is 3.35. The van der Waals surface area contributed by atoms with Crippen molar-refractivity contribution in [2.24, 2.45) is 0 Å². The zero-order valence-corrected chi connectivity index (χ0v) is 15.0. The summed E-state index contributed by atoms with van der Waals surface area (Å²) in [6.07, 6.45) is 1.78. The number of halogens is 1. The summed E-state index contributed by atoms with van der Waals surface area (Å²) in [4.78, 5) is 25.6. The van der Waals surface area contributed by atoms with Gasteiger partial charge >= 0.3 is 0 Å². The van der Waals surface area contributed by atoms with Crippen molar-refractivity contribution in [2.45, 2.75) is 0 Å². The third-order valence-corrected chi connectivity index (χ3v) is 4.54. The second-order valence-electron chi connectivity index (χ2n) is 6.06. The molecule has 1 N–H and O–H groups in total. The highest BCUT2D eigenvalue weighted by Crippen LogP contribution is 2.28. The number of anilines is 1. The molecule has 0 fully saturated rings. The summed E-state index contributed by atoms with van der Waals surface area (Å²) in [5.41, 5.74) is 3.30. The van der Waals surface area contributed by atoms with Gasteiger partial charge < -0.3 is 9.72 Å². The predicted octanol–water partition coefficient (Wildman–Crippen LogP) is 5.08. The number of hydrogen-bond acceptors (Lipinski definition) is 2. The molecule has 0 saturated carbocycles. The van der Waals surface area contributed by atoms with Crippen LogP contribution in [-0.4, -0.2) is 16.1 Å². The molecule has 4 nitrogen and oxygen atoms in total. The number of Topliss-reactive ketones (excluding diaryl/α,β-unsaturated/α-hetero) is 1. The number of rotatable bonds is 4. The van der Waals surface area contributed by atoms with E-state index in [9.17, 15) is 9.59 Å². The zero-order valence-electron chi connectivity index (χ0n) is 14.2. The molecular weight excluding hydrogens is 360 g/mol. The van der Waals surface area contributed by atoms with E-state index in [2.05, 4.69) is 5.32 Å². The van der Waals surface area contributed by atoms with Gasteiger partial charge in [-0.15, -0.1) is 0 Å². The normalized spacial score (nSPS) is 10.7. The van der Waals surface area contributed by atoms with Crippen molar-refractivity contribution < 1.29 is 9.59 Å². The molecule has 132 valence electrons. The van der Waals surface area contributed by atoms with Gasteiger partial charge in [0.25, 0.3) is 11.7 Å². The smallest absolute Gasteiger partial charge is 0.298 e. The largest absolute Gasteiger partial charge is 0.319 e. The minimum atomic E-state index is -0.696. The van der Waals surface area contributed by atoms with E-state index >= 15 is 0 Å². The number of fused-ring (bicyclic) bond motifs is 1. The van der Waals surface area contributed by atoms with Gasteiger partial charge in [-0.1, -0.05) is 48.0 Å². The number of hydrogen-bond donors (Lipinski definition) is 1. The first kappa shape index (κ1) is 17.1. The highest BCUT2D eigenvalue weighted by molar-refractivity contribution is 6.47. The molecule has 0 spiro atoms. The van der Waals surface area contributed by atoms with E-state index < -0.39 is 11.7 Å². The molecule has 0 saturated heterocycles. The molecule has 0 aliphatic carbocycles. The standard InChI is InChI=1S/C22H15ClN2O2/c23-16-9-11-17(12-10-16)24-22(27)21(26)20-19(15-6-2-1-3-7-15)14-18-8-4-5-13-25(18)20/h1-14H,(H,24,27). The summed E-state index contributed by atoms with van der Waals surface area (Å²) in [5.74, 6) is -1.30. The Morgan fingerprint density at radius 3 is 2.30 bits per heavy atom. The van der Waals surface area contributed by atoms with E-state index in [1.54, 1.807) is 34.9 Å². The second kappa shape index (κ2) is 7.09. The molecule has 5 heteroatoms. The molecule has 4 rings (SSSR count). The Labute approximate surface area is 161 Å². The van der Waals surface area contributed by atoms with Crippen LogP contribution in [0.3, 0.4) is 0 Å². The number of aromatic nitrogens is 1. The maximum atomic E-state index is 13.0. The van der Waals surface area contributed by atoms with Crippen LogP contribution in [0.15, 0.2) is 85.1 Å².